The van der Waals surface area contributed by atoms with Crippen LogP contribution in [0.3, 0.4) is 0 Å². The summed E-state index contributed by atoms with van der Waals surface area (Å²) in [6, 6.07) is 9.07. The van der Waals surface area contributed by atoms with Gasteiger partial charge < -0.3 is 9.84 Å². The average molecular weight is 532 g/mol. The molecule has 1 aromatic carbocycles. The maximum absolute atomic E-state index is 11.6. The van der Waals surface area contributed by atoms with E-state index in [2.05, 4.69) is 79.7 Å². The summed E-state index contributed by atoms with van der Waals surface area (Å²) in [5.41, 5.74) is 8.72. The Morgan fingerprint density at radius 3 is 2.10 bits per heavy atom. The van der Waals surface area contributed by atoms with E-state index >= 15 is 0 Å². The second-order valence-corrected chi connectivity index (χ2v) is 14.4. The van der Waals surface area contributed by atoms with E-state index < -0.39 is 6.10 Å². The molecule has 0 saturated heterocycles. The van der Waals surface area contributed by atoms with Crippen LogP contribution in [0.25, 0.3) is 0 Å². The first-order chi connectivity index (χ1) is 18.5. The van der Waals surface area contributed by atoms with E-state index in [0.29, 0.717) is 17.8 Å². The van der Waals surface area contributed by atoms with Crippen molar-refractivity contribution in [1.82, 2.24) is 4.98 Å². The fourth-order valence-corrected chi connectivity index (χ4v) is 7.65. The van der Waals surface area contributed by atoms with Crippen molar-refractivity contribution in [2.45, 2.75) is 143 Å². The molecule has 214 valence electrons. The van der Waals surface area contributed by atoms with Gasteiger partial charge in [0.25, 0.3) is 0 Å². The van der Waals surface area contributed by atoms with Gasteiger partial charge in [0.05, 0.1) is 11.7 Å². The zero-order valence-corrected chi connectivity index (χ0v) is 25.9. The number of pyridine rings is 1. The third-order valence-electron chi connectivity index (χ3n) is 10.6. The van der Waals surface area contributed by atoms with Crippen LogP contribution in [-0.2, 0) is 16.8 Å². The van der Waals surface area contributed by atoms with Crippen LogP contribution >= 0.6 is 0 Å². The minimum atomic E-state index is -0.415. The monoisotopic (exact) mass is 531 g/mol. The lowest BCUT2D eigenvalue weighted by atomic mass is 9.58. The van der Waals surface area contributed by atoms with Crippen LogP contribution in [-0.4, -0.2) is 10.1 Å². The molecule has 1 aromatic heterocycles. The molecular formula is C36H53NO2. The molecule has 0 radical (unpaired) electrons. The summed E-state index contributed by atoms with van der Waals surface area (Å²) >= 11 is 0. The molecule has 2 heterocycles. The molecule has 3 nitrogen and oxygen atoms in total. The van der Waals surface area contributed by atoms with Gasteiger partial charge in [-0.25, -0.2) is 0 Å². The number of aliphatic hydroxyl groups excluding tert-OH is 1. The number of rotatable bonds is 4. The minimum absolute atomic E-state index is 0.0984. The van der Waals surface area contributed by atoms with Crippen LogP contribution in [0.4, 0.5) is 0 Å². The summed E-state index contributed by atoms with van der Waals surface area (Å²) in [5, 5.41) is 11.6. The van der Waals surface area contributed by atoms with Crippen molar-refractivity contribution in [3.63, 3.8) is 0 Å². The molecule has 2 spiro atoms. The van der Waals surface area contributed by atoms with Crippen molar-refractivity contribution in [2.75, 3.05) is 0 Å². The number of ether oxygens (including phenoxy) is 1. The van der Waals surface area contributed by atoms with E-state index in [-0.39, 0.29) is 17.1 Å². The number of fused-ring (bicyclic) bond motifs is 4. The van der Waals surface area contributed by atoms with Gasteiger partial charge in [-0.2, -0.15) is 0 Å². The quantitative estimate of drug-likeness (QED) is 0.427. The summed E-state index contributed by atoms with van der Waals surface area (Å²) in [6.07, 6.45) is 9.92. The number of hydrogen-bond donors (Lipinski definition) is 1. The summed E-state index contributed by atoms with van der Waals surface area (Å²) in [7, 11) is 0. The first-order valence-corrected chi connectivity index (χ1v) is 16.0. The highest BCUT2D eigenvalue weighted by Crippen LogP contribution is 2.62. The highest BCUT2D eigenvalue weighted by Gasteiger charge is 2.56. The van der Waals surface area contributed by atoms with Gasteiger partial charge in [0.2, 0.25) is 0 Å². The van der Waals surface area contributed by atoms with E-state index in [9.17, 15) is 5.11 Å². The fraction of sp³-hybridized carbons (Fsp3) is 0.694. The molecule has 4 unspecified atom stereocenters. The molecule has 3 aliphatic carbocycles. The highest BCUT2D eigenvalue weighted by atomic mass is 16.5. The molecule has 3 heteroatoms. The lowest BCUT2D eigenvalue weighted by molar-refractivity contribution is -0.0846. The predicted molar refractivity (Wildman–Crippen MR) is 161 cm³/mol. The standard InChI is InChI=1S/C31H41NO2.C5H12/c1-18(2)21-9-11-22(12-10-21)29-26-27(31(34-29)15-6-8-20(31)5)25-23(32-28(26)19(3)4)16-30(13-7-14-30)17-24(25)33;1-4-5(2)3/h9-12,18-20,24,29,33H,6-8,13-17H2,1-5H3;5H,4H2,1-3H3. The smallest absolute Gasteiger partial charge is 0.111 e. The Labute approximate surface area is 238 Å². The Morgan fingerprint density at radius 1 is 0.949 bits per heavy atom. The van der Waals surface area contributed by atoms with E-state index in [0.717, 1.165) is 30.7 Å². The Morgan fingerprint density at radius 2 is 1.62 bits per heavy atom. The lowest BCUT2D eigenvalue weighted by Crippen LogP contribution is -2.40. The normalized spacial score (nSPS) is 28.6. The van der Waals surface area contributed by atoms with Crippen LogP contribution in [0, 0.1) is 17.3 Å². The summed E-state index contributed by atoms with van der Waals surface area (Å²) < 4.78 is 7.23. The summed E-state index contributed by atoms with van der Waals surface area (Å²) in [6.45, 7) is 18.0. The number of aliphatic hydroxyl groups is 1. The second kappa shape index (κ2) is 10.9. The van der Waals surface area contributed by atoms with Gasteiger partial charge in [-0.05, 0) is 90.7 Å². The summed E-state index contributed by atoms with van der Waals surface area (Å²) in [5.74, 6) is 2.17. The minimum Gasteiger partial charge on any atom is -0.388 e. The maximum atomic E-state index is 11.6. The van der Waals surface area contributed by atoms with Gasteiger partial charge in [-0.3, -0.25) is 4.98 Å². The third kappa shape index (κ3) is 5.01. The molecule has 2 fully saturated rings. The van der Waals surface area contributed by atoms with Gasteiger partial charge >= 0.3 is 0 Å². The van der Waals surface area contributed by atoms with Crippen LogP contribution in [0.15, 0.2) is 24.3 Å². The Bertz CT molecular complexity index is 1160. The number of benzene rings is 1. The van der Waals surface area contributed by atoms with Crippen molar-refractivity contribution in [2.24, 2.45) is 17.3 Å². The van der Waals surface area contributed by atoms with Gasteiger partial charge in [0.15, 0.2) is 0 Å². The molecule has 2 saturated carbocycles. The lowest BCUT2D eigenvalue weighted by Gasteiger charge is -2.48. The molecule has 0 bridgehead atoms. The number of aromatic nitrogens is 1. The summed E-state index contributed by atoms with van der Waals surface area (Å²) in [4.78, 5) is 5.37. The molecule has 39 heavy (non-hydrogen) atoms. The van der Waals surface area contributed by atoms with Gasteiger partial charge in [-0.1, -0.05) is 92.5 Å². The van der Waals surface area contributed by atoms with Gasteiger partial charge in [0.1, 0.15) is 6.10 Å². The molecular weight excluding hydrogens is 478 g/mol. The van der Waals surface area contributed by atoms with Crippen molar-refractivity contribution in [1.29, 1.82) is 0 Å². The number of hydrogen-bond acceptors (Lipinski definition) is 3. The van der Waals surface area contributed by atoms with E-state index in [1.54, 1.807) is 0 Å². The topological polar surface area (TPSA) is 42.4 Å². The maximum Gasteiger partial charge on any atom is 0.111 e. The van der Waals surface area contributed by atoms with Crippen molar-refractivity contribution < 1.29 is 9.84 Å². The van der Waals surface area contributed by atoms with Crippen molar-refractivity contribution in [3.8, 4) is 0 Å². The van der Waals surface area contributed by atoms with Gasteiger partial charge in [-0.15, -0.1) is 0 Å². The highest BCUT2D eigenvalue weighted by molar-refractivity contribution is 5.55. The van der Waals surface area contributed by atoms with Crippen molar-refractivity contribution in [3.05, 3.63) is 63.5 Å². The van der Waals surface area contributed by atoms with Crippen LogP contribution in [0.1, 0.15) is 170 Å². The van der Waals surface area contributed by atoms with Crippen LogP contribution in [0.2, 0.25) is 0 Å². The van der Waals surface area contributed by atoms with Crippen LogP contribution in [0.5, 0.6) is 0 Å². The van der Waals surface area contributed by atoms with E-state index in [1.165, 1.54) is 72.2 Å². The first-order valence-electron chi connectivity index (χ1n) is 16.0. The molecule has 1 N–H and O–H groups in total. The zero-order chi connectivity index (χ0) is 28.1. The predicted octanol–water partition coefficient (Wildman–Crippen LogP) is 9.67. The Kier molecular flexibility index (Phi) is 8.08. The molecule has 0 amide bonds. The first kappa shape index (κ1) is 28.8. The fourth-order valence-electron chi connectivity index (χ4n) is 7.65. The Balaban J connectivity index is 0.000000567. The Hall–Kier alpha value is -1.71. The van der Waals surface area contributed by atoms with E-state index in [1.807, 2.05) is 0 Å². The molecule has 1 aliphatic heterocycles. The van der Waals surface area contributed by atoms with Crippen LogP contribution < -0.4 is 0 Å². The van der Waals surface area contributed by atoms with E-state index in [4.69, 9.17) is 9.72 Å². The van der Waals surface area contributed by atoms with Gasteiger partial charge in [0, 0.05) is 22.5 Å². The largest absolute Gasteiger partial charge is 0.388 e. The zero-order valence-electron chi connectivity index (χ0n) is 25.9. The SMILES string of the molecule is CC(C)c1ccc(C2OC3(CCCC3C)c3c4c(nc(C(C)C)c32)CC2(CCC2)CC4O)cc1.CCC(C)C. The second-order valence-electron chi connectivity index (χ2n) is 14.4. The average Bonchev–Trinajstić information content (AvgIpc) is 3.43. The third-order valence-corrected chi connectivity index (χ3v) is 10.6. The molecule has 4 aliphatic rings. The number of nitrogens with zero attached hydrogens (tertiary/aromatic N) is 1. The molecule has 4 atom stereocenters. The molecule has 6 rings (SSSR count). The molecule has 2 aromatic rings. The van der Waals surface area contributed by atoms with Crippen molar-refractivity contribution >= 4 is 0 Å².